The maximum Gasteiger partial charge on any atom is 0.335 e. The lowest BCUT2D eigenvalue weighted by molar-refractivity contribution is -0.153. The molecule has 4 nitrogen and oxygen atoms in total. The van der Waals surface area contributed by atoms with Gasteiger partial charge in [0, 0.05) is 15.5 Å². The lowest BCUT2D eigenvalue weighted by Crippen LogP contribution is -2.33. The molecule has 1 rings (SSSR count). The summed E-state index contributed by atoms with van der Waals surface area (Å²) >= 11 is 9.40. The summed E-state index contributed by atoms with van der Waals surface area (Å²) in [6.45, 7) is 1.93. The third kappa shape index (κ3) is 5.48. The summed E-state index contributed by atoms with van der Waals surface area (Å²) in [5, 5.41) is 10.2. The van der Waals surface area contributed by atoms with E-state index in [2.05, 4.69) is 15.9 Å². The molecule has 1 aromatic rings. The number of benzene rings is 1. The molecule has 0 saturated heterocycles. The standard InChI is InChI=1S/C13H17BrClNO3/c1-2-19-13(18)12(17)7-10(16)5-8-3-4-9(14)6-11(8)15/h3-4,6,10,12,17H,2,5,7,16H2,1H3/t10-,12?/m1/s1. The van der Waals surface area contributed by atoms with Crippen molar-refractivity contribution in [3.05, 3.63) is 33.3 Å². The highest BCUT2D eigenvalue weighted by Crippen LogP contribution is 2.22. The molecule has 0 spiro atoms. The summed E-state index contributed by atoms with van der Waals surface area (Å²) in [5.41, 5.74) is 6.79. The Morgan fingerprint density at radius 1 is 1.58 bits per heavy atom. The van der Waals surface area contributed by atoms with Crippen molar-refractivity contribution in [3.63, 3.8) is 0 Å². The van der Waals surface area contributed by atoms with Crippen LogP contribution < -0.4 is 5.73 Å². The number of hydrogen-bond acceptors (Lipinski definition) is 4. The van der Waals surface area contributed by atoms with Gasteiger partial charge in [0.15, 0.2) is 6.10 Å². The number of carbonyl (C=O) groups is 1. The van der Waals surface area contributed by atoms with E-state index in [0.29, 0.717) is 11.4 Å². The van der Waals surface area contributed by atoms with Crippen LogP contribution in [0.25, 0.3) is 0 Å². The first-order chi connectivity index (χ1) is 8.93. The topological polar surface area (TPSA) is 72.5 Å². The van der Waals surface area contributed by atoms with Crippen molar-refractivity contribution < 1.29 is 14.6 Å². The molecule has 19 heavy (non-hydrogen) atoms. The van der Waals surface area contributed by atoms with Gasteiger partial charge in [0.05, 0.1) is 6.61 Å². The van der Waals surface area contributed by atoms with E-state index in [4.69, 9.17) is 22.1 Å². The number of esters is 1. The summed E-state index contributed by atoms with van der Waals surface area (Å²) in [5.74, 6) is -0.639. The number of carbonyl (C=O) groups excluding carboxylic acids is 1. The van der Waals surface area contributed by atoms with Gasteiger partial charge < -0.3 is 15.6 Å². The fourth-order valence-electron chi connectivity index (χ4n) is 1.67. The van der Waals surface area contributed by atoms with Gasteiger partial charge in [-0.2, -0.15) is 0 Å². The van der Waals surface area contributed by atoms with Crippen molar-refractivity contribution >= 4 is 33.5 Å². The Balaban J connectivity index is 2.55. The Kier molecular flexibility index (Phi) is 6.79. The van der Waals surface area contributed by atoms with E-state index in [-0.39, 0.29) is 19.1 Å². The van der Waals surface area contributed by atoms with E-state index in [1.54, 1.807) is 13.0 Å². The van der Waals surface area contributed by atoms with Gasteiger partial charge in [-0.25, -0.2) is 4.79 Å². The van der Waals surface area contributed by atoms with E-state index >= 15 is 0 Å². The fraction of sp³-hybridized carbons (Fsp3) is 0.462. The third-order valence-corrected chi connectivity index (χ3v) is 3.43. The third-order valence-electron chi connectivity index (χ3n) is 2.58. The van der Waals surface area contributed by atoms with Gasteiger partial charge >= 0.3 is 5.97 Å². The van der Waals surface area contributed by atoms with Crippen LogP contribution in [0.4, 0.5) is 0 Å². The van der Waals surface area contributed by atoms with Crippen LogP contribution in [0.15, 0.2) is 22.7 Å². The van der Waals surface area contributed by atoms with Gasteiger partial charge in [0.25, 0.3) is 0 Å². The van der Waals surface area contributed by atoms with Crippen molar-refractivity contribution in [1.82, 2.24) is 0 Å². The predicted molar refractivity (Wildman–Crippen MR) is 78.1 cm³/mol. The van der Waals surface area contributed by atoms with Gasteiger partial charge in [0.1, 0.15) is 0 Å². The second kappa shape index (κ2) is 7.85. The number of hydrogen-bond donors (Lipinski definition) is 2. The highest BCUT2D eigenvalue weighted by molar-refractivity contribution is 9.10. The van der Waals surface area contributed by atoms with Crippen LogP contribution in [-0.4, -0.2) is 29.8 Å². The normalized spacial score (nSPS) is 13.9. The first kappa shape index (κ1) is 16.4. The quantitative estimate of drug-likeness (QED) is 0.772. The van der Waals surface area contributed by atoms with E-state index in [1.807, 2.05) is 12.1 Å². The number of aliphatic hydroxyl groups excluding tert-OH is 1. The number of halogens is 2. The summed E-state index contributed by atoms with van der Waals surface area (Å²) in [6, 6.07) is 5.16. The summed E-state index contributed by atoms with van der Waals surface area (Å²) in [6.07, 6.45) is -0.558. The van der Waals surface area contributed by atoms with Gasteiger partial charge in [-0.1, -0.05) is 33.6 Å². The van der Waals surface area contributed by atoms with E-state index in [1.165, 1.54) is 0 Å². The molecule has 0 heterocycles. The molecule has 0 saturated carbocycles. The van der Waals surface area contributed by atoms with Crippen molar-refractivity contribution in [2.45, 2.75) is 31.9 Å². The van der Waals surface area contributed by atoms with Crippen LogP contribution in [-0.2, 0) is 16.0 Å². The molecular weight excluding hydrogens is 334 g/mol. The fourth-order valence-corrected chi connectivity index (χ4v) is 2.43. The molecule has 0 aliphatic heterocycles. The van der Waals surface area contributed by atoms with Crippen LogP contribution in [0.1, 0.15) is 18.9 Å². The largest absolute Gasteiger partial charge is 0.464 e. The molecule has 0 aromatic heterocycles. The Hall–Kier alpha value is -0.620. The summed E-state index contributed by atoms with van der Waals surface area (Å²) < 4.78 is 5.61. The van der Waals surface area contributed by atoms with E-state index < -0.39 is 12.1 Å². The van der Waals surface area contributed by atoms with Gasteiger partial charge in [-0.3, -0.25) is 0 Å². The Labute approximate surface area is 126 Å². The summed E-state index contributed by atoms with van der Waals surface area (Å²) in [7, 11) is 0. The molecule has 0 aliphatic rings. The Morgan fingerprint density at radius 3 is 2.84 bits per heavy atom. The van der Waals surface area contributed by atoms with E-state index in [0.717, 1.165) is 10.0 Å². The summed E-state index contributed by atoms with van der Waals surface area (Å²) in [4.78, 5) is 11.3. The minimum atomic E-state index is -1.19. The molecule has 0 radical (unpaired) electrons. The zero-order chi connectivity index (χ0) is 14.4. The maximum absolute atomic E-state index is 11.3. The highest BCUT2D eigenvalue weighted by Gasteiger charge is 2.20. The molecule has 0 aliphatic carbocycles. The van der Waals surface area contributed by atoms with Crippen LogP contribution in [0.3, 0.4) is 0 Å². The number of ether oxygens (including phenoxy) is 1. The maximum atomic E-state index is 11.3. The monoisotopic (exact) mass is 349 g/mol. The average Bonchev–Trinajstić information content (AvgIpc) is 2.33. The molecule has 1 aromatic carbocycles. The first-order valence-electron chi connectivity index (χ1n) is 5.98. The lowest BCUT2D eigenvalue weighted by atomic mass is 10.0. The van der Waals surface area contributed by atoms with Crippen molar-refractivity contribution in [3.8, 4) is 0 Å². The Morgan fingerprint density at radius 2 is 2.26 bits per heavy atom. The smallest absolute Gasteiger partial charge is 0.335 e. The minimum Gasteiger partial charge on any atom is -0.464 e. The zero-order valence-corrected chi connectivity index (χ0v) is 12.9. The van der Waals surface area contributed by atoms with E-state index in [9.17, 15) is 9.90 Å². The van der Waals surface area contributed by atoms with Crippen molar-refractivity contribution in [2.24, 2.45) is 5.73 Å². The molecule has 0 fully saturated rings. The van der Waals surface area contributed by atoms with Crippen LogP contribution in [0.5, 0.6) is 0 Å². The number of nitrogens with two attached hydrogens (primary N) is 1. The molecule has 2 atom stereocenters. The number of rotatable bonds is 6. The van der Waals surface area contributed by atoms with Gasteiger partial charge in [-0.15, -0.1) is 0 Å². The molecule has 3 N–H and O–H groups in total. The zero-order valence-electron chi connectivity index (χ0n) is 10.6. The second-order valence-electron chi connectivity index (χ2n) is 4.20. The van der Waals surface area contributed by atoms with Crippen LogP contribution >= 0.6 is 27.5 Å². The van der Waals surface area contributed by atoms with Crippen molar-refractivity contribution in [2.75, 3.05) is 6.61 Å². The van der Waals surface area contributed by atoms with Crippen LogP contribution in [0.2, 0.25) is 5.02 Å². The molecule has 6 heteroatoms. The lowest BCUT2D eigenvalue weighted by Gasteiger charge is -2.16. The SMILES string of the molecule is CCOC(=O)C(O)C[C@H](N)Cc1ccc(Br)cc1Cl. The molecular formula is C13H17BrClNO3. The Bertz CT molecular complexity index is 442. The van der Waals surface area contributed by atoms with Crippen molar-refractivity contribution in [1.29, 1.82) is 0 Å². The first-order valence-corrected chi connectivity index (χ1v) is 7.15. The highest BCUT2D eigenvalue weighted by atomic mass is 79.9. The molecule has 0 bridgehead atoms. The molecule has 1 unspecified atom stereocenters. The minimum absolute atomic E-state index is 0.144. The molecule has 106 valence electrons. The van der Waals surface area contributed by atoms with Gasteiger partial charge in [0.2, 0.25) is 0 Å². The average molecular weight is 351 g/mol. The number of aliphatic hydroxyl groups is 1. The van der Waals surface area contributed by atoms with Crippen LogP contribution in [0, 0.1) is 0 Å². The van der Waals surface area contributed by atoms with Gasteiger partial charge in [-0.05, 0) is 37.5 Å². The second-order valence-corrected chi connectivity index (χ2v) is 5.53. The molecule has 0 amide bonds. The predicted octanol–water partition coefficient (Wildman–Crippen LogP) is 2.29.